The fraction of sp³-hybridized carbons (Fsp3) is 0.333. The molecule has 2 rings (SSSR count). The lowest BCUT2D eigenvalue weighted by Gasteiger charge is -2.19. The third-order valence-electron chi connectivity index (χ3n) is 2.12. The minimum atomic E-state index is -0.494. The van der Waals surface area contributed by atoms with Crippen molar-refractivity contribution in [1.82, 2.24) is 20.2 Å². The highest BCUT2D eigenvalue weighted by molar-refractivity contribution is 5.89. The first-order chi connectivity index (χ1) is 8.46. The highest BCUT2D eigenvalue weighted by Gasteiger charge is 2.17. The number of ether oxygens (including phenoxy) is 1. The van der Waals surface area contributed by atoms with Crippen molar-refractivity contribution in [3.8, 4) is 5.69 Å². The number of aromatic nitrogens is 4. The summed E-state index contributed by atoms with van der Waals surface area (Å²) in [6, 6.07) is 6.89. The molecule has 6 nitrogen and oxygen atoms in total. The molecule has 1 aromatic carbocycles. The van der Waals surface area contributed by atoms with Crippen molar-refractivity contribution >= 4 is 5.97 Å². The van der Waals surface area contributed by atoms with E-state index < -0.39 is 5.60 Å². The predicted molar refractivity (Wildman–Crippen MR) is 64.3 cm³/mol. The quantitative estimate of drug-likeness (QED) is 0.753. The zero-order valence-electron chi connectivity index (χ0n) is 10.5. The van der Waals surface area contributed by atoms with Crippen molar-refractivity contribution in [2.75, 3.05) is 0 Å². The number of nitrogens with zero attached hydrogens (tertiary/aromatic N) is 4. The Morgan fingerprint density at radius 1 is 1.22 bits per heavy atom. The van der Waals surface area contributed by atoms with Gasteiger partial charge in [-0.15, -0.1) is 5.10 Å². The van der Waals surface area contributed by atoms with E-state index in [1.165, 1.54) is 11.0 Å². The van der Waals surface area contributed by atoms with E-state index in [-0.39, 0.29) is 5.97 Å². The molecular formula is C12H14N4O2. The summed E-state index contributed by atoms with van der Waals surface area (Å²) in [6.45, 7) is 5.50. The minimum absolute atomic E-state index is 0.342. The molecule has 0 aliphatic rings. The Bertz CT molecular complexity index is 526. The van der Waals surface area contributed by atoms with Crippen LogP contribution in [-0.4, -0.2) is 31.8 Å². The summed E-state index contributed by atoms with van der Waals surface area (Å²) < 4.78 is 6.78. The van der Waals surface area contributed by atoms with Gasteiger partial charge in [0, 0.05) is 0 Å². The number of carbonyl (C=O) groups is 1. The van der Waals surface area contributed by atoms with E-state index in [9.17, 15) is 4.79 Å². The topological polar surface area (TPSA) is 69.9 Å². The van der Waals surface area contributed by atoms with Gasteiger partial charge in [-0.25, -0.2) is 9.48 Å². The van der Waals surface area contributed by atoms with Gasteiger partial charge in [-0.2, -0.15) is 0 Å². The molecule has 0 amide bonds. The molecule has 0 bridgehead atoms. The summed E-state index contributed by atoms with van der Waals surface area (Å²) >= 11 is 0. The molecule has 94 valence electrons. The van der Waals surface area contributed by atoms with Crippen molar-refractivity contribution in [3.05, 3.63) is 36.2 Å². The number of carbonyl (C=O) groups excluding carboxylic acids is 1. The summed E-state index contributed by atoms with van der Waals surface area (Å²) in [7, 11) is 0. The molecule has 0 atom stereocenters. The van der Waals surface area contributed by atoms with Crippen LogP contribution in [0.5, 0.6) is 0 Å². The van der Waals surface area contributed by atoms with Gasteiger partial charge in [0.15, 0.2) is 0 Å². The van der Waals surface area contributed by atoms with Crippen molar-refractivity contribution < 1.29 is 9.53 Å². The third kappa shape index (κ3) is 2.91. The number of hydrogen-bond acceptors (Lipinski definition) is 5. The number of esters is 1. The van der Waals surface area contributed by atoms with Gasteiger partial charge in [-0.3, -0.25) is 0 Å². The summed E-state index contributed by atoms with van der Waals surface area (Å²) in [5.41, 5.74) is 0.792. The highest BCUT2D eigenvalue weighted by atomic mass is 16.6. The molecule has 0 aliphatic carbocycles. The lowest BCUT2D eigenvalue weighted by atomic mass is 10.1. The molecule has 0 aliphatic heterocycles. The molecule has 0 saturated carbocycles. The van der Waals surface area contributed by atoms with Gasteiger partial charge in [0.2, 0.25) is 0 Å². The van der Waals surface area contributed by atoms with E-state index in [2.05, 4.69) is 15.5 Å². The van der Waals surface area contributed by atoms with E-state index in [1.807, 2.05) is 20.8 Å². The van der Waals surface area contributed by atoms with E-state index in [0.717, 1.165) is 5.69 Å². The molecule has 0 unspecified atom stereocenters. The molecule has 0 radical (unpaired) electrons. The maximum absolute atomic E-state index is 11.8. The van der Waals surface area contributed by atoms with Crippen LogP contribution in [0.2, 0.25) is 0 Å². The van der Waals surface area contributed by atoms with Crippen molar-refractivity contribution in [3.63, 3.8) is 0 Å². The van der Waals surface area contributed by atoms with Crippen molar-refractivity contribution in [2.45, 2.75) is 26.4 Å². The average molecular weight is 246 g/mol. The Morgan fingerprint density at radius 2 is 1.89 bits per heavy atom. The largest absolute Gasteiger partial charge is 0.456 e. The zero-order chi connectivity index (χ0) is 13.2. The molecular weight excluding hydrogens is 232 g/mol. The minimum Gasteiger partial charge on any atom is -0.456 e. The van der Waals surface area contributed by atoms with E-state index >= 15 is 0 Å². The summed E-state index contributed by atoms with van der Waals surface area (Å²) in [6.07, 6.45) is 1.49. The Hall–Kier alpha value is -2.24. The lowest BCUT2D eigenvalue weighted by molar-refractivity contribution is 0.00696. The van der Waals surface area contributed by atoms with Crippen LogP contribution in [0.25, 0.3) is 5.69 Å². The van der Waals surface area contributed by atoms with Crippen LogP contribution in [0.1, 0.15) is 31.1 Å². The highest BCUT2D eigenvalue weighted by Crippen LogP contribution is 2.13. The smallest absolute Gasteiger partial charge is 0.338 e. The van der Waals surface area contributed by atoms with Crippen LogP contribution < -0.4 is 0 Å². The zero-order valence-corrected chi connectivity index (χ0v) is 10.5. The molecule has 2 aromatic rings. The average Bonchev–Trinajstić information content (AvgIpc) is 2.80. The summed E-state index contributed by atoms with van der Waals surface area (Å²) in [5, 5.41) is 10.9. The lowest BCUT2D eigenvalue weighted by Crippen LogP contribution is -2.23. The Labute approximate surface area is 105 Å². The van der Waals surface area contributed by atoms with Crippen LogP contribution in [-0.2, 0) is 4.74 Å². The van der Waals surface area contributed by atoms with Gasteiger partial charge in [-0.05, 0) is 55.5 Å². The molecule has 1 aromatic heterocycles. The van der Waals surface area contributed by atoms with Gasteiger partial charge < -0.3 is 4.74 Å². The molecule has 6 heteroatoms. The van der Waals surface area contributed by atoms with Crippen LogP contribution >= 0.6 is 0 Å². The molecule has 0 N–H and O–H groups in total. The van der Waals surface area contributed by atoms with Gasteiger partial charge in [-0.1, -0.05) is 0 Å². The monoisotopic (exact) mass is 246 g/mol. The fourth-order valence-electron chi connectivity index (χ4n) is 1.37. The second kappa shape index (κ2) is 4.56. The molecule has 0 spiro atoms. The maximum Gasteiger partial charge on any atom is 0.338 e. The van der Waals surface area contributed by atoms with Gasteiger partial charge in [0.25, 0.3) is 0 Å². The van der Waals surface area contributed by atoms with Crippen LogP contribution in [0, 0.1) is 0 Å². The number of hydrogen-bond donors (Lipinski definition) is 0. The number of benzene rings is 1. The van der Waals surface area contributed by atoms with E-state index in [0.29, 0.717) is 5.56 Å². The van der Waals surface area contributed by atoms with E-state index in [1.54, 1.807) is 24.3 Å². The predicted octanol–water partition coefficient (Wildman–Crippen LogP) is 1.62. The van der Waals surface area contributed by atoms with Crippen molar-refractivity contribution in [2.24, 2.45) is 0 Å². The van der Waals surface area contributed by atoms with E-state index in [4.69, 9.17) is 4.74 Å². The van der Waals surface area contributed by atoms with Crippen LogP contribution in [0.4, 0.5) is 0 Å². The SMILES string of the molecule is CC(C)(C)OC(=O)c1ccc(-n2cnnn2)cc1. The molecule has 1 heterocycles. The normalized spacial score (nSPS) is 11.3. The summed E-state index contributed by atoms with van der Waals surface area (Å²) in [4.78, 5) is 11.8. The Kier molecular flexibility index (Phi) is 3.10. The van der Waals surface area contributed by atoms with Crippen LogP contribution in [0.15, 0.2) is 30.6 Å². The van der Waals surface area contributed by atoms with Gasteiger partial charge in [0.05, 0.1) is 11.3 Å². The number of rotatable bonds is 2. The third-order valence-corrected chi connectivity index (χ3v) is 2.12. The number of tetrazole rings is 1. The Morgan fingerprint density at radius 3 is 2.39 bits per heavy atom. The second-order valence-electron chi connectivity index (χ2n) is 4.80. The van der Waals surface area contributed by atoms with Gasteiger partial charge >= 0.3 is 5.97 Å². The molecule has 0 saturated heterocycles. The first-order valence-corrected chi connectivity index (χ1v) is 5.52. The molecule has 18 heavy (non-hydrogen) atoms. The van der Waals surface area contributed by atoms with Crippen LogP contribution in [0.3, 0.4) is 0 Å². The van der Waals surface area contributed by atoms with Crippen molar-refractivity contribution in [1.29, 1.82) is 0 Å². The molecule has 0 fully saturated rings. The first-order valence-electron chi connectivity index (χ1n) is 5.52. The second-order valence-corrected chi connectivity index (χ2v) is 4.80. The Balaban J connectivity index is 2.15. The standard InChI is InChI=1S/C12H14N4O2/c1-12(2,3)18-11(17)9-4-6-10(7-5-9)16-8-13-14-15-16/h4-8H,1-3H3. The maximum atomic E-state index is 11.8. The van der Waals surface area contributed by atoms with Gasteiger partial charge in [0.1, 0.15) is 11.9 Å². The summed E-state index contributed by atoms with van der Waals surface area (Å²) in [5.74, 6) is -0.342. The first kappa shape index (κ1) is 12.2. The fourth-order valence-corrected chi connectivity index (χ4v) is 1.37.